The molecule has 1 nitrogen and oxygen atoms in total. The van der Waals surface area contributed by atoms with Gasteiger partial charge in [0.2, 0.25) is 0 Å². The van der Waals surface area contributed by atoms with Crippen LogP contribution in [0.25, 0.3) is 0 Å². The fraction of sp³-hybridized carbons (Fsp3) is 0.350. The number of aromatic nitrogens is 1. The largest absolute Gasteiger partial charge is 0.261 e. The second-order valence-electron chi connectivity index (χ2n) is 6.18. The Kier molecular flexibility index (Phi) is 4.19. The zero-order valence-corrected chi connectivity index (χ0v) is 12.9. The maximum absolute atomic E-state index is 4.66. The molecule has 1 heterocycles. The minimum atomic E-state index is 0.376. The van der Waals surface area contributed by atoms with Crippen molar-refractivity contribution < 1.29 is 0 Å². The lowest BCUT2D eigenvalue weighted by molar-refractivity contribution is 0.482. The smallest absolute Gasteiger partial charge is 0.0484 e. The molecule has 1 aliphatic carbocycles. The number of rotatable bonds is 3. The summed E-state index contributed by atoms with van der Waals surface area (Å²) in [5.74, 6) is 0.941. The summed E-state index contributed by atoms with van der Waals surface area (Å²) in [6, 6.07) is 13.2. The molecule has 0 radical (unpaired) electrons. The van der Waals surface area contributed by atoms with E-state index in [1.807, 2.05) is 12.3 Å². The van der Waals surface area contributed by atoms with E-state index in [0.29, 0.717) is 11.8 Å². The van der Waals surface area contributed by atoms with E-state index >= 15 is 0 Å². The highest BCUT2D eigenvalue weighted by Gasteiger charge is 2.25. The van der Waals surface area contributed by atoms with Crippen LogP contribution in [0.2, 0.25) is 0 Å². The van der Waals surface area contributed by atoms with Gasteiger partial charge in [-0.05, 0) is 56.7 Å². The zero-order chi connectivity index (χ0) is 14.7. The van der Waals surface area contributed by atoms with Crippen LogP contribution in [0, 0.1) is 19.8 Å². The van der Waals surface area contributed by atoms with Crippen molar-refractivity contribution in [3.8, 4) is 0 Å². The Bertz CT molecular complexity index is 607. The summed E-state index contributed by atoms with van der Waals surface area (Å²) in [5.41, 5.74) is 5.28. The van der Waals surface area contributed by atoms with Crippen LogP contribution in [0.15, 0.2) is 54.7 Å². The topological polar surface area (TPSA) is 12.9 Å². The van der Waals surface area contributed by atoms with Gasteiger partial charge in [0.25, 0.3) is 0 Å². The third-order valence-electron chi connectivity index (χ3n) is 4.33. The lowest BCUT2D eigenvalue weighted by atomic mass is 9.77. The summed E-state index contributed by atoms with van der Waals surface area (Å²) >= 11 is 0. The molecule has 0 saturated carbocycles. The summed E-state index contributed by atoms with van der Waals surface area (Å²) in [7, 11) is 0. The summed E-state index contributed by atoms with van der Waals surface area (Å²) < 4.78 is 0. The highest BCUT2D eigenvalue weighted by Crippen LogP contribution is 2.37. The van der Waals surface area contributed by atoms with Crippen LogP contribution in [0.1, 0.15) is 47.6 Å². The number of benzene rings is 1. The first-order valence-corrected chi connectivity index (χ1v) is 7.90. The SMILES string of the molecule is Cc1cc(C)cc([C@@H](c2ccccn2)[C@@H]2C=CCCC2)c1. The number of nitrogens with zero attached hydrogens (tertiary/aromatic N) is 1. The molecule has 3 rings (SSSR count). The van der Waals surface area contributed by atoms with Gasteiger partial charge in [-0.25, -0.2) is 0 Å². The van der Waals surface area contributed by atoms with Gasteiger partial charge in [-0.3, -0.25) is 4.98 Å². The average Bonchev–Trinajstić information content (AvgIpc) is 2.49. The van der Waals surface area contributed by atoms with Crippen LogP contribution in [0.3, 0.4) is 0 Å². The van der Waals surface area contributed by atoms with E-state index < -0.39 is 0 Å². The standard InChI is InChI=1S/C20H23N/c1-15-12-16(2)14-18(13-15)20(17-8-4-3-5-9-17)19-10-6-7-11-21-19/h4,6-8,10-14,17,20H,3,5,9H2,1-2H3/t17-,20+/m1/s1. The van der Waals surface area contributed by atoms with Gasteiger partial charge in [-0.2, -0.15) is 0 Å². The molecule has 0 fully saturated rings. The van der Waals surface area contributed by atoms with E-state index in [-0.39, 0.29) is 0 Å². The van der Waals surface area contributed by atoms with E-state index in [1.165, 1.54) is 41.6 Å². The van der Waals surface area contributed by atoms with E-state index in [0.717, 1.165) is 0 Å². The van der Waals surface area contributed by atoms with Gasteiger partial charge in [-0.15, -0.1) is 0 Å². The molecule has 0 saturated heterocycles. The molecule has 2 aromatic rings. The van der Waals surface area contributed by atoms with E-state index in [2.05, 4.69) is 61.3 Å². The molecule has 0 aliphatic heterocycles. The molecule has 0 N–H and O–H groups in total. The van der Waals surface area contributed by atoms with Gasteiger partial charge < -0.3 is 0 Å². The van der Waals surface area contributed by atoms with Gasteiger partial charge >= 0.3 is 0 Å². The quantitative estimate of drug-likeness (QED) is 0.704. The van der Waals surface area contributed by atoms with Gasteiger partial charge in [0.05, 0.1) is 0 Å². The second-order valence-corrected chi connectivity index (χ2v) is 6.18. The number of hydrogen-bond donors (Lipinski definition) is 0. The molecular weight excluding hydrogens is 254 g/mol. The Labute approximate surface area is 127 Å². The lowest BCUT2D eigenvalue weighted by Gasteiger charge is -2.27. The van der Waals surface area contributed by atoms with Crippen LogP contribution in [0.5, 0.6) is 0 Å². The Morgan fingerprint density at radius 1 is 1.10 bits per heavy atom. The Balaban J connectivity index is 2.07. The van der Waals surface area contributed by atoms with Crippen molar-refractivity contribution in [2.75, 3.05) is 0 Å². The third-order valence-corrected chi connectivity index (χ3v) is 4.33. The maximum Gasteiger partial charge on any atom is 0.0484 e. The van der Waals surface area contributed by atoms with E-state index in [4.69, 9.17) is 0 Å². The molecule has 0 spiro atoms. The van der Waals surface area contributed by atoms with Gasteiger partial charge in [-0.1, -0.05) is 47.5 Å². The molecular formula is C20H23N. The summed E-state index contributed by atoms with van der Waals surface area (Å²) in [5, 5.41) is 0. The van der Waals surface area contributed by atoms with Crippen molar-refractivity contribution in [3.05, 3.63) is 77.1 Å². The minimum absolute atomic E-state index is 0.376. The molecule has 108 valence electrons. The van der Waals surface area contributed by atoms with Crippen LogP contribution in [-0.4, -0.2) is 4.98 Å². The molecule has 0 unspecified atom stereocenters. The maximum atomic E-state index is 4.66. The minimum Gasteiger partial charge on any atom is -0.261 e. The first-order valence-electron chi connectivity index (χ1n) is 7.90. The molecule has 1 aliphatic rings. The molecule has 21 heavy (non-hydrogen) atoms. The first kappa shape index (κ1) is 14.1. The van der Waals surface area contributed by atoms with Crippen LogP contribution in [0.4, 0.5) is 0 Å². The van der Waals surface area contributed by atoms with Crippen molar-refractivity contribution in [2.24, 2.45) is 5.92 Å². The van der Waals surface area contributed by atoms with E-state index in [1.54, 1.807) is 0 Å². The van der Waals surface area contributed by atoms with Crippen molar-refractivity contribution in [2.45, 2.75) is 39.0 Å². The van der Waals surface area contributed by atoms with Crippen molar-refractivity contribution >= 4 is 0 Å². The summed E-state index contributed by atoms with van der Waals surface area (Å²) in [6.45, 7) is 4.37. The monoisotopic (exact) mass is 277 g/mol. The number of aryl methyl sites for hydroxylation is 2. The fourth-order valence-electron chi connectivity index (χ4n) is 3.50. The van der Waals surface area contributed by atoms with Gasteiger partial charge in [0.1, 0.15) is 0 Å². The van der Waals surface area contributed by atoms with Crippen molar-refractivity contribution in [1.29, 1.82) is 0 Å². The number of allylic oxidation sites excluding steroid dienone is 2. The third kappa shape index (κ3) is 3.24. The molecule has 2 atom stereocenters. The first-order chi connectivity index (χ1) is 10.2. The molecule has 1 aromatic carbocycles. The Morgan fingerprint density at radius 2 is 1.90 bits per heavy atom. The predicted octanol–water partition coefficient (Wildman–Crippen LogP) is 5.19. The highest BCUT2D eigenvalue weighted by molar-refractivity contribution is 5.37. The fourth-order valence-corrected chi connectivity index (χ4v) is 3.50. The normalized spacial score (nSPS) is 19.4. The predicted molar refractivity (Wildman–Crippen MR) is 88.5 cm³/mol. The molecule has 1 heteroatoms. The molecule has 0 bridgehead atoms. The van der Waals surface area contributed by atoms with Gasteiger partial charge in [0.15, 0.2) is 0 Å². The molecule has 0 amide bonds. The number of hydrogen-bond acceptors (Lipinski definition) is 1. The van der Waals surface area contributed by atoms with Crippen LogP contribution in [-0.2, 0) is 0 Å². The zero-order valence-electron chi connectivity index (χ0n) is 12.9. The van der Waals surface area contributed by atoms with E-state index in [9.17, 15) is 0 Å². The average molecular weight is 277 g/mol. The molecule has 1 aromatic heterocycles. The number of pyridine rings is 1. The second kappa shape index (κ2) is 6.26. The van der Waals surface area contributed by atoms with Crippen molar-refractivity contribution in [1.82, 2.24) is 4.98 Å². The van der Waals surface area contributed by atoms with Crippen LogP contribution < -0.4 is 0 Å². The lowest BCUT2D eigenvalue weighted by Crippen LogP contribution is -2.16. The van der Waals surface area contributed by atoms with Crippen molar-refractivity contribution in [3.63, 3.8) is 0 Å². The Morgan fingerprint density at radius 3 is 2.52 bits per heavy atom. The summed E-state index contributed by atoms with van der Waals surface area (Å²) in [6.07, 6.45) is 10.4. The van der Waals surface area contributed by atoms with Gasteiger partial charge in [0, 0.05) is 17.8 Å². The Hall–Kier alpha value is -1.89. The highest BCUT2D eigenvalue weighted by atomic mass is 14.7. The summed E-state index contributed by atoms with van der Waals surface area (Å²) in [4.78, 5) is 4.66. The van der Waals surface area contributed by atoms with Crippen LogP contribution >= 0.6 is 0 Å².